The summed E-state index contributed by atoms with van der Waals surface area (Å²) in [5, 5.41) is 10.5. The molecule has 0 aliphatic rings. The van der Waals surface area contributed by atoms with Gasteiger partial charge < -0.3 is 0 Å². The Labute approximate surface area is 123 Å². The molecule has 0 spiro atoms. The summed E-state index contributed by atoms with van der Waals surface area (Å²) in [5.74, 6) is 0.492. The van der Waals surface area contributed by atoms with E-state index in [0.29, 0.717) is 5.92 Å². The van der Waals surface area contributed by atoms with Crippen LogP contribution in [0.3, 0.4) is 0 Å². The van der Waals surface area contributed by atoms with Crippen molar-refractivity contribution >= 4 is 0 Å². The maximum atomic E-state index is 10.5. The van der Waals surface area contributed by atoms with Crippen molar-refractivity contribution < 1.29 is 4.92 Å². The monoisotopic (exact) mass is 279 g/mol. The minimum absolute atomic E-state index is 0.255. The maximum Gasteiger partial charge on any atom is 0.239 e. The summed E-state index contributed by atoms with van der Waals surface area (Å²) in [4.78, 5) is 10.2. The van der Waals surface area contributed by atoms with Crippen LogP contribution in [0, 0.1) is 16.0 Å². The highest BCUT2D eigenvalue weighted by Gasteiger charge is 2.04. The molecule has 0 amide bonds. The number of nitro groups is 1. The van der Waals surface area contributed by atoms with Crippen LogP contribution in [0.5, 0.6) is 0 Å². The van der Waals surface area contributed by atoms with Crippen molar-refractivity contribution in [3.8, 4) is 0 Å². The van der Waals surface area contributed by atoms with Gasteiger partial charge >= 0.3 is 0 Å². The Kier molecular flexibility index (Phi) is 9.69. The highest BCUT2D eigenvalue weighted by atomic mass is 16.6. The average molecular weight is 279 g/mol. The third-order valence-electron chi connectivity index (χ3n) is 3.35. The lowest BCUT2D eigenvalue weighted by molar-refractivity contribution is -0.424. The zero-order chi connectivity index (χ0) is 15.5. The van der Waals surface area contributed by atoms with E-state index in [1.54, 1.807) is 13.0 Å². The smallest absolute Gasteiger partial charge is 0.239 e. The Morgan fingerprint density at radius 2 is 1.75 bits per heavy atom. The Balaban J connectivity index is 3.95. The van der Waals surface area contributed by atoms with E-state index in [1.165, 1.54) is 11.1 Å². The van der Waals surface area contributed by atoms with Gasteiger partial charge in [0, 0.05) is 6.92 Å². The van der Waals surface area contributed by atoms with E-state index in [1.807, 2.05) is 0 Å². The van der Waals surface area contributed by atoms with E-state index in [0.717, 1.165) is 32.1 Å². The molecule has 0 saturated carbocycles. The molecule has 0 radical (unpaired) electrons. The normalized spacial score (nSPS) is 14.1. The van der Waals surface area contributed by atoms with Crippen LogP contribution in [-0.2, 0) is 0 Å². The van der Waals surface area contributed by atoms with E-state index >= 15 is 0 Å². The number of nitrogens with zero attached hydrogens (tertiary/aromatic N) is 1. The van der Waals surface area contributed by atoms with Crippen molar-refractivity contribution in [3.63, 3.8) is 0 Å². The van der Waals surface area contributed by atoms with Gasteiger partial charge in [0.2, 0.25) is 5.70 Å². The molecular weight excluding hydrogens is 250 g/mol. The van der Waals surface area contributed by atoms with Crippen molar-refractivity contribution in [1.29, 1.82) is 0 Å². The summed E-state index contributed by atoms with van der Waals surface area (Å²) in [6, 6.07) is 0. The molecule has 0 heterocycles. The molecule has 3 heteroatoms. The van der Waals surface area contributed by atoms with Gasteiger partial charge in [-0.1, -0.05) is 30.2 Å². The van der Waals surface area contributed by atoms with Gasteiger partial charge in [0.15, 0.2) is 0 Å². The molecule has 3 nitrogen and oxygen atoms in total. The van der Waals surface area contributed by atoms with Crippen LogP contribution in [0.2, 0.25) is 0 Å². The fraction of sp³-hybridized carbons (Fsp3) is 0.647. The molecule has 0 aromatic carbocycles. The van der Waals surface area contributed by atoms with Crippen molar-refractivity contribution in [1.82, 2.24) is 0 Å². The summed E-state index contributed by atoms with van der Waals surface area (Å²) >= 11 is 0. The van der Waals surface area contributed by atoms with Gasteiger partial charge in [0.1, 0.15) is 0 Å². The predicted octanol–water partition coefficient (Wildman–Crippen LogP) is 5.67. The first-order valence-corrected chi connectivity index (χ1v) is 7.43. The van der Waals surface area contributed by atoms with Gasteiger partial charge in [-0.2, -0.15) is 0 Å². The van der Waals surface area contributed by atoms with E-state index in [-0.39, 0.29) is 10.6 Å². The molecular formula is C17H29NO2. The molecule has 0 aromatic heterocycles. The largest absolute Gasteiger partial charge is 0.259 e. The molecule has 1 atom stereocenters. The number of hydrogen-bond acceptors (Lipinski definition) is 2. The van der Waals surface area contributed by atoms with Crippen LogP contribution in [0.15, 0.2) is 35.1 Å². The molecule has 0 aromatic rings. The molecule has 114 valence electrons. The van der Waals surface area contributed by atoms with Crippen molar-refractivity contribution in [3.05, 3.63) is 45.2 Å². The Hall–Kier alpha value is -1.38. The lowest BCUT2D eigenvalue weighted by Gasteiger charge is -2.07. The topological polar surface area (TPSA) is 43.1 Å². The number of hydrogen-bond donors (Lipinski definition) is 0. The van der Waals surface area contributed by atoms with Crippen LogP contribution in [0.4, 0.5) is 0 Å². The Morgan fingerprint density at radius 3 is 2.30 bits per heavy atom. The summed E-state index contributed by atoms with van der Waals surface area (Å²) in [5.41, 5.74) is 3.07. The van der Waals surface area contributed by atoms with Crippen LogP contribution in [-0.4, -0.2) is 4.92 Å². The van der Waals surface area contributed by atoms with E-state index in [4.69, 9.17) is 0 Å². The molecule has 0 rings (SSSR count). The summed E-state index contributed by atoms with van der Waals surface area (Å²) < 4.78 is 0. The molecule has 1 unspecified atom stereocenters. The Bertz CT molecular complexity index is 388. The van der Waals surface area contributed by atoms with E-state index in [9.17, 15) is 10.1 Å². The molecule has 0 saturated heterocycles. The lowest BCUT2D eigenvalue weighted by atomic mass is 9.99. The first kappa shape index (κ1) is 18.6. The lowest BCUT2D eigenvalue weighted by Crippen LogP contribution is -1.97. The summed E-state index contributed by atoms with van der Waals surface area (Å²) in [7, 11) is 0. The fourth-order valence-electron chi connectivity index (χ4n) is 1.87. The van der Waals surface area contributed by atoms with Gasteiger partial charge in [-0.25, -0.2) is 0 Å². The minimum atomic E-state index is -0.319. The SMILES string of the molecule is CC(C)=CCC/C(C)=C/CCC(C)C/C=C(/C)[N+](=O)[O-]. The zero-order valence-electron chi connectivity index (χ0n) is 13.6. The summed E-state index contributed by atoms with van der Waals surface area (Å²) in [6.45, 7) is 10.1. The highest BCUT2D eigenvalue weighted by molar-refractivity contribution is 5.02. The van der Waals surface area contributed by atoms with Gasteiger partial charge in [-0.05, 0) is 64.9 Å². The van der Waals surface area contributed by atoms with E-state index < -0.39 is 0 Å². The quantitative estimate of drug-likeness (QED) is 0.310. The fourth-order valence-corrected chi connectivity index (χ4v) is 1.87. The zero-order valence-corrected chi connectivity index (χ0v) is 13.6. The van der Waals surface area contributed by atoms with Gasteiger partial charge in [-0.3, -0.25) is 10.1 Å². The van der Waals surface area contributed by atoms with Crippen molar-refractivity contribution in [2.75, 3.05) is 0 Å². The van der Waals surface area contributed by atoms with Gasteiger partial charge in [-0.15, -0.1) is 0 Å². The van der Waals surface area contributed by atoms with Crippen molar-refractivity contribution in [2.45, 2.75) is 66.7 Å². The van der Waals surface area contributed by atoms with Gasteiger partial charge in [0.25, 0.3) is 0 Å². The van der Waals surface area contributed by atoms with Crippen molar-refractivity contribution in [2.24, 2.45) is 5.92 Å². The first-order chi connectivity index (χ1) is 9.32. The second kappa shape index (κ2) is 10.4. The van der Waals surface area contributed by atoms with Crippen LogP contribution < -0.4 is 0 Å². The second-order valence-electron chi connectivity index (χ2n) is 5.89. The van der Waals surface area contributed by atoms with Crippen LogP contribution in [0.25, 0.3) is 0 Å². The van der Waals surface area contributed by atoms with Crippen LogP contribution >= 0.6 is 0 Å². The minimum Gasteiger partial charge on any atom is -0.259 e. The summed E-state index contributed by atoms with van der Waals surface area (Å²) in [6.07, 6.45) is 11.5. The predicted molar refractivity (Wildman–Crippen MR) is 86.2 cm³/mol. The van der Waals surface area contributed by atoms with E-state index in [2.05, 4.69) is 39.8 Å². The molecule has 0 aliphatic heterocycles. The third kappa shape index (κ3) is 10.5. The molecule has 0 bridgehead atoms. The number of allylic oxidation sites excluding steroid dienone is 6. The standard InChI is InChI=1S/C17H29NO2/c1-14(2)8-6-9-15(3)10-7-11-16(4)12-13-17(5)18(19)20/h8,10,13,16H,6-7,9,11-12H2,1-5H3/b15-10+,17-13-. The molecule has 20 heavy (non-hydrogen) atoms. The third-order valence-corrected chi connectivity index (χ3v) is 3.35. The number of rotatable bonds is 9. The molecule has 0 N–H and O–H groups in total. The Morgan fingerprint density at radius 1 is 1.10 bits per heavy atom. The van der Waals surface area contributed by atoms with Gasteiger partial charge in [0.05, 0.1) is 4.92 Å². The maximum absolute atomic E-state index is 10.5. The van der Waals surface area contributed by atoms with Crippen LogP contribution in [0.1, 0.15) is 66.7 Å². The highest BCUT2D eigenvalue weighted by Crippen LogP contribution is 2.15. The molecule has 0 aliphatic carbocycles. The second-order valence-corrected chi connectivity index (χ2v) is 5.89. The molecule has 0 fully saturated rings. The first-order valence-electron chi connectivity index (χ1n) is 7.43. The average Bonchev–Trinajstić information content (AvgIpc) is 2.35.